The zero-order valence-electron chi connectivity index (χ0n) is 10.1. The molecule has 0 rings (SSSR count). The average molecular weight is 238 g/mol. The Balaban J connectivity index is 3.04. The Morgan fingerprint density at radius 3 is 2.53 bits per heavy atom. The molecular weight excluding hydrogens is 214 g/mol. The number of hydrogen-bond acceptors (Lipinski definition) is 3. The predicted molar refractivity (Wildman–Crippen MR) is 64.7 cm³/mol. The molecule has 1 N–H and O–H groups in total. The summed E-state index contributed by atoms with van der Waals surface area (Å²) in [5.74, 6) is 0.610. The average Bonchev–Trinajstić information content (AvgIpc) is 2.16. The minimum atomic E-state index is 0.110. The highest BCUT2D eigenvalue weighted by Gasteiger charge is 2.02. The summed E-state index contributed by atoms with van der Waals surface area (Å²) in [6, 6.07) is 0. The summed E-state index contributed by atoms with van der Waals surface area (Å²) in [4.78, 5) is 0. The van der Waals surface area contributed by atoms with Crippen LogP contribution in [0.4, 0.5) is 0 Å². The molecule has 0 aromatic heterocycles. The number of nitrogens with one attached hydrogen (secondary N) is 1. The third-order valence-electron chi connectivity index (χ3n) is 1.86. The van der Waals surface area contributed by atoms with Crippen molar-refractivity contribution in [2.75, 3.05) is 40.0 Å². The Morgan fingerprint density at radius 2 is 1.93 bits per heavy atom. The van der Waals surface area contributed by atoms with Crippen LogP contribution in [0.1, 0.15) is 20.3 Å². The molecule has 0 aromatic carbocycles. The summed E-state index contributed by atoms with van der Waals surface area (Å²) in [6.45, 7) is 8.34. The smallest absolute Gasteiger partial charge is 0.0626 e. The zero-order valence-corrected chi connectivity index (χ0v) is 10.8. The molecular formula is C11H24ClNO2. The van der Waals surface area contributed by atoms with Crippen LogP contribution >= 0.6 is 11.6 Å². The lowest BCUT2D eigenvalue weighted by Crippen LogP contribution is -2.24. The van der Waals surface area contributed by atoms with E-state index in [1.807, 2.05) is 0 Å². The SMILES string of the molecule is COCC(Cl)CCNCCOCC(C)C. The van der Waals surface area contributed by atoms with Crippen LogP contribution in [0.5, 0.6) is 0 Å². The van der Waals surface area contributed by atoms with Gasteiger partial charge in [0.05, 0.1) is 18.6 Å². The summed E-state index contributed by atoms with van der Waals surface area (Å²) < 4.78 is 10.4. The molecule has 92 valence electrons. The molecule has 1 unspecified atom stereocenters. The topological polar surface area (TPSA) is 30.5 Å². The highest BCUT2D eigenvalue weighted by Crippen LogP contribution is 2.00. The molecule has 0 spiro atoms. The van der Waals surface area contributed by atoms with E-state index in [1.165, 1.54) is 0 Å². The van der Waals surface area contributed by atoms with Crippen molar-refractivity contribution in [3.63, 3.8) is 0 Å². The van der Waals surface area contributed by atoms with Crippen LogP contribution in [0.15, 0.2) is 0 Å². The Labute approximate surface area is 98.5 Å². The van der Waals surface area contributed by atoms with E-state index in [0.29, 0.717) is 12.5 Å². The lowest BCUT2D eigenvalue weighted by molar-refractivity contribution is 0.111. The molecule has 0 aromatic rings. The highest BCUT2D eigenvalue weighted by molar-refractivity contribution is 6.20. The largest absolute Gasteiger partial charge is 0.383 e. The standard InChI is InChI=1S/C11H24ClNO2/c1-10(2)8-15-7-6-13-5-4-11(12)9-14-3/h10-11,13H,4-9H2,1-3H3. The number of methoxy groups -OCH3 is 1. The van der Waals surface area contributed by atoms with Crippen LogP contribution in [0, 0.1) is 5.92 Å². The fourth-order valence-electron chi connectivity index (χ4n) is 1.11. The van der Waals surface area contributed by atoms with Gasteiger partial charge in [0.25, 0.3) is 0 Å². The normalized spacial score (nSPS) is 13.4. The van der Waals surface area contributed by atoms with Gasteiger partial charge in [0.15, 0.2) is 0 Å². The molecule has 15 heavy (non-hydrogen) atoms. The Hall–Kier alpha value is 0.170. The van der Waals surface area contributed by atoms with Crippen LogP contribution in [-0.2, 0) is 9.47 Å². The molecule has 0 amide bonds. The van der Waals surface area contributed by atoms with Crippen molar-refractivity contribution in [3.05, 3.63) is 0 Å². The number of hydrogen-bond donors (Lipinski definition) is 1. The zero-order chi connectivity index (χ0) is 11.5. The first-order valence-electron chi connectivity index (χ1n) is 5.58. The minimum absolute atomic E-state index is 0.110. The van der Waals surface area contributed by atoms with E-state index >= 15 is 0 Å². The molecule has 4 heteroatoms. The van der Waals surface area contributed by atoms with E-state index in [1.54, 1.807) is 7.11 Å². The number of rotatable bonds is 10. The van der Waals surface area contributed by atoms with Gasteiger partial charge in [-0.3, -0.25) is 0 Å². The van der Waals surface area contributed by atoms with Crippen LogP contribution in [0.2, 0.25) is 0 Å². The van der Waals surface area contributed by atoms with Crippen LogP contribution in [0.25, 0.3) is 0 Å². The Bertz CT molecular complexity index is 134. The molecule has 0 aliphatic heterocycles. The van der Waals surface area contributed by atoms with Crippen molar-refractivity contribution in [2.45, 2.75) is 25.6 Å². The van der Waals surface area contributed by atoms with E-state index in [9.17, 15) is 0 Å². The second kappa shape index (κ2) is 10.7. The third kappa shape index (κ3) is 12.1. The van der Waals surface area contributed by atoms with Crippen LogP contribution < -0.4 is 5.32 Å². The fourth-order valence-corrected chi connectivity index (χ4v) is 1.35. The van der Waals surface area contributed by atoms with Crippen molar-refractivity contribution >= 4 is 11.6 Å². The predicted octanol–water partition coefficient (Wildman–Crippen LogP) is 1.89. The number of ether oxygens (including phenoxy) is 2. The van der Waals surface area contributed by atoms with Crippen molar-refractivity contribution in [2.24, 2.45) is 5.92 Å². The molecule has 3 nitrogen and oxygen atoms in total. The third-order valence-corrected chi connectivity index (χ3v) is 2.20. The van der Waals surface area contributed by atoms with E-state index in [-0.39, 0.29) is 5.38 Å². The minimum Gasteiger partial charge on any atom is -0.383 e. The number of halogens is 1. The van der Waals surface area contributed by atoms with Crippen LogP contribution in [-0.4, -0.2) is 45.4 Å². The fraction of sp³-hybridized carbons (Fsp3) is 1.00. The molecule has 0 saturated carbocycles. The molecule has 0 fully saturated rings. The molecule has 0 heterocycles. The molecule has 0 aliphatic carbocycles. The van der Waals surface area contributed by atoms with E-state index < -0.39 is 0 Å². The molecule has 0 bridgehead atoms. The van der Waals surface area contributed by atoms with Gasteiger partial charge in [-0.1, -0.05) is 13.8 Å². The van der Waals surface area contributed by atoms with Crippen molar-refractivity contribution < 1.29 is 9.47 Å². The molecule has 1 atom stereocenters. The quantitative estimate of drug-likeness (QED) is 0.465. The number of alkyl halides is 1. The van der Waals surface area contributed by atoms with E-state index in [0.717, 1.165) is 32.7 Å². The summed E-state index contributed by atoms with van der Waals surface area (Å²) in [7, 11) is 1.67. The first kappa shape index (κ1) is 15.2. The maximum atomic E-state index is 5.97. The maximum Gasteiger partial charge on any atom is 0.0626 e. The molecule has 0 aliphatic rings. The first-order valence-corrected chi connectivity index (χ1v) is 6.02. The summed E-state index contributed by atoms with van der Waals surface area (Å²) >= 11 is 5.97. The van der Waals surface area contributed by atoms with E-state index in [4.69, 9.17) is 21.1 Å². The van der Waals surface area contributed by atoms with Gasteiger partial charge < -0.3 is 14.8 Å². The van der Waals surface area contributed by atoms with Crippen molar-refractivity contribution in [1.82, 2.24) is 5.32 Å². The summed E-state index contributed by atoms with van der Waals surface area (Å²) in [6.07, 6.45) is 0.930. The first-order chi connectivity index (χ1) is 7.16. The summed E-state index contributed by atoms with van der Waals surface area (Å²) in [5, 5.41) is 3.39. The second-order valence-corrected chi connectivity index (χ2v) is 4.68. The van der Waals surface area contributed by atoms with Gasteiger partial charge in [0.2, 0.25) is 0 Å². The second-order valence-electron chi connectivity index (χ2n) is 4.06. The van der Waals surface area contributed by atoms with Gasteiger partial charge in [0.1, 0.15) is 0 Å². The van der Waals surface area contributed by atoms with Gasteiger partial charge in [-0.2, -0.15) is 0 Å². The van der Waals surface area contributed by atoms with Gasteiger partial charge in [0, 0.05) is 20.3 Å². The monoisotopic (exact) mass is 237 g/mol. The van der Waals surface area contributed by atoms with Crippen molar-refractivity contribution in [3.8, 4) is 0 Å². The van der Waals surface area contributed by atoms with Gasteiger partial charge in [-0.15, -0.1) is 11.6 Å². The highest BCUT2D eigenvalue weighted by atomic mass is 35.5. The van der Waals surface area contributed by atoms with Crippen LogP contribution in [0.3, 0.4) is 0 Å². The Kier molecular flexibility index (Phi) is 10.8. The summed E-state index contributed by atoms with van der Waals surface area (Å²) in [5.41, 5.74) is 0. The molecule has 0 saturated heterocycles. The van der Waals surface area contributed by atoms with E-state index in [2.05, 4.69) is 19.2 Å². The van der Waals surface area contributed by atoms with Crippen molar-refractivity contribution in [1.29, 1.82) is 0 Å². The molecule has 0 radical (unpaired) electrons. The van der Waals surface area contributed by atoms with Gasteiger partial charge in [-0.05, 0) is 18.9 Å². The lowest BCUT2D eigenvalue weighted by Gasteiger charge is -2.10. The Morgan fingerprint density at radius 1 is 1.20 bits per heavy atom. The van der Waals surface area contributed by atoms with Gasteiger partial charge >= 0.3 is 0 Å². The van der Waals surface area contributed by atoms with Gasteiger partial charge in [-0.25, -0.2) is 0 Å². The maximum absolute atomic E-state index is 5.97. The lowest BCUT2D eigenvalue weighted by atomic mass is 10.2.